The van der Waals surface area contributed by atoms with Gasteiger partial charge < -0.3 is 0 Å². The first-order valence-electron chi connectivity index (χ1n) is 11.2. The van der Waals surface area contributed by atoms with E-state index in [1.807, 2.05) is 11.1 Å². The van der Waals surface area contributed by atoms with Crippen LogP contribution in [0, 0.1) is 11.8 Å². The maximum atomic E-state index is 2.98. The Hall–Kier alpha value is -0.340. The van der Waals surface area contributed by atoms with Gasteiger partial charge in [0.05, 0.1) is 0 Å². The molecule has 0 spiro atoms. The molecule has 1 aliphatic carbocycles. The lowest BCUT2D eigenvalue weighted by Crippen LogP contribution is -2.55. The molecule has 0 aromatic heterocycles. The van der Waals surface area contributed by atoms with Gasteiger partial charge in [0.2, 0.25) is 0 Å². The van der Waals surface area contributed by atoms with Gasteiger partial charge in [0.15, 0.2) is 0 Å². The Morgan fingerprint density at radius 2 is 1.80 bits per heavy atom. The Morgan fingerprint density at radius 3 is 2.64 bits per heavy atom. The zero-order valence-electron chi connectivity index (χ0n) is 17.1. The molecule has 0 amide bonds. The molecule has 4 aliphatic rings. The van der Waals surface area contributed by atoms with Gasteiger partial charge in [-0.1, -0.05) is 31.4 Å². The van der Waals surface area contributed by atoms with Crippen LogP contribution in [0.3, 0.4) is 0 Å². The molecule has 3 aliphatic heterocycles. The molecule has 0 N–H and O–H groups in total. The molecule has 25 heavy (non-hydrogen) atoms. The summed E-state index contributed by atoms with van der Waals surface area (Å²) in [7, 11) is 2.37. The molecule has 6 atom stereocenters. The fourth-order valence-electron chi connectivity index (χ4n) is 6.97. The Labute approximate surface area is 156 Å². The molecule has 0 aromatic carbocycles. The van der Waals surface area contributed by atoms with Gasteiger partial charge >= 0.3 is 0 Å². The summed E-state index contributed by atoms with van der Waals surface area (Å²) in [5, 5.41) is 0. The van der Waals surface area contributed by atoms with Crippen LogP contribution in [0.5, 0.6) is 0 Å². The number of rotatable bonds is 2. The predicted molar refractivity (Wildman–Crippen MR) is 107 cm³/mol. The minimum Gasteiger partial charge on any atom is -0.300 e. The molecule has 142 valence electrons. The molecule has 0 bridgehead atoms. The van der Waals surface area contributed by atoms with Gasteiger partial charge in [-0.2, -0.15) is 0 Å². The van der Waals surface area contributed by atoms with Crippen LogP contribution >= 0.6 is 0 Å². The van der Waals surface area contributed by atoms with Gasteiger partial charge in [0.1, 0.15) is 0 Å². The van der Waals surface area contributed by atoms with Crippen LogP contribution in [0.25, 0.3) is 0 Å². The number of hydrogen-bond acceptors (Lipinski definition) is 2. The van der Waals surface area contributed by atoms with Crippen molar-refractivity contribution in [2.75, 3.05) is 13.6 Å². The monoisotopic (exact) mass is 344 g/mol. The first-order valence-corrected chi connectivity index (χ1v) is 11.2. The van der Waals surface area contributed by atoms with E-state index >= 15 is 0 Å². The molecule has 0 aromatic rings. The number of likely N-dealkylation sites (N-methyl/N-ethyl adjacent to an activating group) is 1. The van der Waals surface area contributed by atoms with Crippen molar-refractivity contribution in [2.45, 2.75) is 109 Å². The Morgan fingerprint density at radius 1 is 0.960 bits per heavy atom. The number of piperidine rings is 3. The molecule has 4 rings (SSSR count). The van der Waals surface area contributed by atoms with E-state index in [1.54, 1.807) is 0 Å². The summed E-state index contributed by atoms with van der Waals surface area (Å²) in [6.07, 6.45) is 14.2. The highest BCUT2D eigenvalue weighted by molar-refractivity contribution is 5.26. The van der Waals surface area contributed by atoms with Crippen molar-refractivity contribution < 1.29 is 0 Å². The second-order valence-electron chi connectivity index (χ2n) is 10.1. The smallest absolute Gasteiger partial charge is 0.0309 e. The highest BCUT2D eigenvalue weighted by atomic mass is 15.2. The van der Waals surface area contributed by atoms with Crippen molar-refractivity contribution in [3.63, 3.8) is 0 Å². The molecular weight excluding hydrogens is 304 g/mol. The van der Waals surface area contributed by atoms with Gasteiger partial charge in [-0.3, -0.25) is 9.80 Å². The van der Waals surface area contributed by atoms with Gasteiger partial charge in [-0.25, -0.2) is 0 Å². The second-order valence-corrected chi connectivity index (χ2v) is 10.1. The minimum atomic E-state index is 0.769. The van der Waals surface area contributed by atoms with Crippen molar-refractivity contribution in [1.82, 2.24) is 9.80 Å². The summed E-state index contributed by atoms with van der Waals surface area (Å²) in [5.74, 6) is 1.81. The second kappa shape index (κ2) is 7.35. The van der Waals surface area contributed by atoms with Crippen LogP contribution in [-0.2, 0) is 0 Å². The largest absolute Gasteiger partial charge is 0.300 e. The van der Waals surface area contributed by atoms with Crippen LogP contribution in [0.2, 0.25) is 0 Å². The standard InChI is InChI=1S/C23H40N2/c1-16-11-18(3)25-20(13-16)7-5-8-21(25)15-19-12-17(2)14-23-22(19)9-6-10-24(23)4/h16-18,20-21,23H,5-15H2,1-4H3/t16-,17+,18+,20+,21+,23+/m1/s1. The van der Waals surface area contributed by atoms with Gasteiger partial charge in [-0.15, -0.1) is 0 Å². The van der Waals surface area contributed by atoms with Crippen molar-refractivity contribution in [3.8, 4) is 0 Å². The van der Waals surface area contributed by atoms with E-state index in [-0.39, 0.29) is 0 Å². The molecule has 0 radical (unpaired) electrons. The van der Waals surface area contributed by atoms with Gasteiger partial charge in [0, 0.05) is 24.2 Å². The summed E-state index contributed by atoms with van der Waals surface area (Å²) in [5.41, 5.74) is 3.75. The average Bonchev–Trinajstić information content (AvgIpc) is 2.55. The van der Waals surface area contributed by atoms with E-state index in [0.717, 1.165) is 36.0 Å². The fourth-order valence-corrected chi connectivity index (χ4v) is 6.97. The van der Waals surface area contributed by atoms with E-state index < -0.39 is 0 Å². The Balaban J connectivity index is 1.55. The maximum absolute atomic E-state index is 2.98. The molecule has 3 saturated heterocycles. The number of likely N-dealkylation sites (tertiary alicyclic amines) is 1. The minimum absolute atomic E-state index is 0.769. The van der Waals surface area contributed by atoms with Crippen LogP contribution in [0.15, 0.2) is 11.1 Å². The molecule has 3 fully saturated rings. The third kappa shape index (κ3) is 3.58. The zero-order valence-corrected chi connectivity index (χ0v) is 17.1. The van der Waals surface area contributed by atoms with E-state index in [1.165, 1.54) is 70.8 Å². The van der Waals surface area contributed by atoms with Gasteiger partial charge in [0.25, 0.3) is 0 Å². The predicted octanol–water partition coefficient (Wildman–Crippen LogP) is 5.24. The first-order chi connectivity index (χ1) is 12.0. The summed E-state index contributed by atoms with van der Waals surface area (Å²) in [6, 6.07) is 3.29. The molecule has 0 unspecified atom stereocenters. The van der Waals surface area contributed by atoms with Crippen LogP contribution < -0.4 is 0 Å². The van der Waals surface area contributed by atoms with Gasteiger partial charge in [-0.05, 0) is 90.1 Å². The average molecular weight is 345 g/mol. The van der Waals surface area contributed by atoms with Crippen LogP contribution in [0.1, 0.15) is 85.0 Å². The molecule has 3 heterocycles. The topological polar surface area (TPSA) is 6.48 Å². The summed E-state index contributed by atoms with van der Waals surface area (Å²) in [4.78, 5) is 5.64. The third-order valence-electron chi connectivity index (χ3n) is 7.89. The molecule has 0 saturated carbocycles. The van der Waals surface area contributed by atoms with E-state index in [0.29, 0.717) is 0 Å². The highest BCUT2D eigenvalue weighted by Gasteiger charge is 2.40. The maximum Gasteiger partial charge on any atom is 0.0309 e. The summed E-state index contributed by atoms with van der Waals surface area (Å²) < 4.78 is 0. The van der Waals surface area contributed by atoms with Crippen LogP contribution in [-0.4, -0.2) is 47.6 Å². The van der Waals surface area contributed by atoms with Crippen molar-refractivity contribution in [2.24, 2.45) is 11.8 Å². The first kappa shape index (κ1) is 18.0. The lowest BCUT2D eigenvalue weighted by Gasteiger charge is -2.51. The molecule has 2 heteroatoms. The Bertz CT molecular complexity index is 510. The number of nitrogens with zero attached hydrogens (tertiary/aromatic N) is 2. The SMILES string of the molecule is C[C@H]1CC(C[C@@H]2CCC[C@H]3C[C@H](C)C[C@H](C)N23)=C2CCCN(C)[C@H]2C1. The lowest BCUT2D eigenvalue weighted by atomic mass is 9.74. The van der Waals surface area contributed by atoms with Crippen LogP contribution in [0.4, 0.5) is 0 Å². The lowest BCUT2D eigenvalue weighted by molar-refractivity contribution is -0.00724. The van der Waals surface area contributed by atoms with E-state index in [4.69, 9.17) is 0 Å². The van der Waals surface area contributed by atoms with E-state index in [9.17, 15) is 0 Å². The Kier molecular flexibility index (Phi) is 5.30. The molecular formula is C23H40N2. The normalized spacial score (nSPS) is 43.7. The number of hydrogen-bond donors (Lipinski definition) is 0. The zero-order chi connectivity index (χ0) is 17.6. The summed E-state index contributed by atoms with van der Waals surface area (Å²) in [6.45, 7) is 8.79. The number of fused-ring (bicyclic) bond motifs is 2. The van der Waals surface area contributed by atoms with Crippen molar-refractivity contribution >= 4 is 0 Å². The fraction of sp³-hybridized carbons (Fsp3) is 0.913. The highest BCUT2D eigenvalue weighted by Crippen LogP contribution is 2.43. The quantitative estimate of drug-likeness (QED) is 0.632. The van der Waals surface area contributed by atoms with Crippen molar-refractivity contribution in [3.05, 3.63) is 11.1 Å². The third-order valence-corrected chi connectivity index (χ3v) is 7.89. The van der Waals surface area contributed by atoms with Crippen molar-refractivity contribution in [1.29, 1.82) is 0 Å². The van der Waals surface area contributed by atoms with E-state index in [2.05, 4.69) is 37.6 Å². The summed E-state index contributed by atoms with van der Waals surface area (Å²) >= 11 is 0. The molecule has 2 nitrogen and oxygen atoms in total.